The first-order valence-corrected chi connectivity index (χ1v) is 9.46. The van der Waals surface area contributed by atoms with Gasteiger partial charge < -0.3 is 4.57 Å². The van der Waals surface area contributed by atoms with Gasteiger partial charge in [0.25, 0.3) is 0 Å². The van der Waals surface area contributed by atoms with Crippen molar-refractivity contribution in [3.8, 4) is 0 Å². The zero-order valence-electron chi connectivity index (χ0n) is 12.6. The summed E-state index contributed by atoms with van der Waals surface area (Å²) in [7, 11) is -1.16. The van der Waals surface area contributed by atoms with Crippen molar-refractivity contribution in [1.29, 1.82) is 0 Å². The molecule has 0 unspecified atom stereocenters. The SMILES string of the molecule is CCc1nn(C)c2c1nc(CCCl)n2CCS(=O)(=O)CC. The first-order valence-electron chi connectivity index (χ1n) is 7.10. The van der Waals surface area contributed by atoms with Gasteiger partial charge in [-0.2, -0.15) is 5.10 Å². The summed E-state index contributed by atoms with van der Waals surface area (Å²) in [6.07, 6.45) is 1.41. The number of aromatic nitrogens is 4. The van der Waals surface area contributed by atoms with Gasteiger partial charge in [-0.1, -0.05) is 13.8 Å². The summed E-state index contributed by atoms with van der Waals surface area (Å²) in [6.45, 7) is 4.09. The fraction of sp³-hybridized carbons (Fsp3) is 0.692. The van der Waals surface area contributed by atoms with Crippen LogP contribution in [0.15, 0.2) is 0 Å². The maximum atomic E-state index is 11.8. The number of imidazole rings is 1. The van der Waals surface area contributed by atoms with E-state index in [1.54, 1.807) is 11.6 Å². The van der Waals surface area contributed by atoms with E-state index in [9.17, 15) is 8.42 Å². The van der Waals surface area contributed by atoms with Gasteiger partial charge >= 0.3 is 0 Å². The molecule has 8 heteroatoms. The highest BCUT2D eigenvalue weighted by Crippen LogP contribution is 2.21. The van der Waals surface area contributed by atoms with Crippen LogP contribution in [0.2, 0.25) is 0 Å². The molecule has 118 valence electrons. The third kappa shape index (κ3) is 3.23. The van der Waals surface area contributed by atoms with Crippen molar-refractivity contribution in [2.75, 3.05) is 17.4 Å². The summed E-state index contributed by atoms with van der Waals surface area (Å²) >= 11 is 5.84. The number of sulfone groups is 1. The van der Waals surface area contributed by atoms with E-state index in [2.05, 4.69) is 10.1 Å². The van der Waals surface area contributed by atoms with Crippen LogP contribution in [0.1, 0.15) is 25.4 Å². The largest absolute Gasteiger partial charge is 0.312 e. The fourth-order valence-corrected chi connectivity index (χ4v) is 3.33. The van der Waals surface area contributed by atoms with Crippen molar-refractivity contribution < 1.29 is 8.42 Å². The maximum absolute atomic E-state index is 11.8. The molecular weight excluding hydrogens is 312 g/mol. The second-order valence-electron chi connectivity index (χ2n) is 4.95. The van der Waals surface area contributed by atoms with Gasteiger partial charge in [0, 0.05) is 31.6 Å². The van der Waals surface area contributed by atoms with Gasteiger partial charge in [0.15, 0.2) is 15.5 Å². The molecule has 0 amide bonds. The number of hydrogen-bond donors (Lipinski definition) is 0. The summed E-state index contributed by atoms with van der Waals surface area (Å²) in [6, 6.07) is 0. The smallest absolute Gasteiger partial charge is 0.158 e. The Kier molecular flexibility index (Phi) is 4.93. The van der Waals surface area contributed by atoms with Crippen LogP contribution in [-0.4, -0.2) is 45.1 Å². The van der Waals surface area contributed by atoms with E-state index in [1.807, 2.05) is 18.5 Å². The zero-order valence-corrected chi connectivity index (χ0v) is 14.2. The lowest BCUT2D eigenvalue weighted by atomic mass is 10.3. The normalized spacial score (nSPS) is 12.4. The van der Waals surface area contributed by atoms with Gasteiger partial charge in [0.2, 0.25) is 0 Å². The molecule has 6 nitrogen and oxygen atoms in total. The van der Waals surface area contributed by atoms with Crippen molar-refractivity contribution in [1.82, 2.24) is 19.3 Å². The Hall–Kier alpha value is -1.08. The molecule has 21 heavy (non-hydrogen) atoms. The minimum atomic E-state index is -3.02. The number of alkyl halides is 1. The van der Waals surface area contributed by atoms with Gasteiger partial charge in [-0.15, -0.1) is 11.6 Å². The first kappa shape index (κ1) is 16.3. The quantitative estimate of drug-likeness (QED) is 0.721. The number of aryl methyl sites for hydroxylation is 4. The Labute approximate surface area is 130 Å². The van der Waals surface area contributed by atoms with Crippen LogP contribution in [0, 0.1) is 0 Å². The lowest BCUT2D eigenvalue weighted by molar-refractivity contribution is 0.587. The molecular formula is C13H21ClN4O2S. The Balaban J connectivity index is 2.48. The highest BCUT2D eigenvalue weighted by Gasteiger charge is 2.19. The summed E-state index contributed by atoms with van der Waals surface area (Å²) in [4.78, 5) is 4.62. The van der Waals surface area contributed by atoms with Crippen molar-refractivity contribution in [3.05, 3.63) is 11.5 Å². The van der Waals surface area contributed by atoms with Crippen LogP contribution in [0.5, 0.6) is 0 Å². The maximum Gasteiger partial charge on any atom is 0.158 e. The fourth-order valence-electron chi connectivity index (χ4n) is 2.41. The molecule has 2 aromatic heterocycles. The molecule has 0 aliphatic carbocycles. The van der Waals surface area contributed by atoms with Crippen molar-refractivity contribution in [3.63, 3.8) is 0 Å². The standard InChI is InChI=1S/C13H21ClN4O2S/c1-4-10-12-13(17(3)16-10)18(11(15-12)6-7-14)8-9-21(19,20)5-2/h4-9H2,1-3H3. The van der Waals surface area contributed by atoms with E-state index in [4.69, 9.17) is 11.6 Å². The van der Waals surface area contributed by atoms with Crippen molar-refractivity contribution in [2.45, 2.75) is 33.2 Å². The average molecular weight is 333 g/mol. The van der Waals surface area contributed by atoms with Crippen LogP contribution in [-0.2, 0) is 36.3 Å². The molecule has 0 saturated carbocycles. The van der Waals surface area contributed by atoms with Crippen LogP contribution >= 0.6 is 11.6 Å². The van der Waals surface area contributed by atoms with E-state index < -0.39 is 9.84 Å². The predicted octanol–water partition coefficient (Wildman–Crippen LogP) is 1.55. The number of hydrogen-bond acceptors (Lipinski definition) is 4. The predicted molar refractivity (Wildman–Crippen MR) is 84.6 cm³/mol. The average Bonchev–Trinajstić information content (AvgIpc) is 2.95. The second-order valence-corrected chi connectivity index (χ2v) is 7.80. The Bertz CT molecular complexity index is 733. The van der Waals surface area contributed by atoms with Crippen molar-refractivity contribution in [2.24, 2.45) is 7.05 Å². The summed E-state index contributed by atoms with van der Waals surface area (Å²) in [5, 5.41) is 4.45. The van der Waals surface area contributed by atoms with Gasteiger partial charge in [0.05, 0.1) is 11.4 Å². The number of fused-ring (bicyclic) bond motifs is 1. The molecule has 0 saturated heterocycles. The van der Waals surface area contributed by atoms with Crippen molar-refractivity contribution >= 4 is 32.6 Å². The molecule has 0 aliphatic heterocycles. The minimum Gasteiger partial charge on any atom is -0.312 e. The molecule has 0 aliphatic rings. The van der Waals surface area contributed by atoms with E-state index in [1.165, 1.54) is 0 Å². The summed E-state index contributed by atoms with van der Waals surface area (Å²) in [5.41, 5.74) is 2.66. The topological polar surface area (TPSA) is 69.8 Å². The molecule has 0 fully saturated rings. The van der Waals surface area contributed by atoms with E-state index in [0.717, 1.165) is 29.1 Å². The Morgan fingerprint density at radius 1 is 1.29 bits per heavy atom. The first-order chi connectivity index (χ1) is 9.93. The van der Waals surface area contributed by atoms with Crippen LogP contribution < -0.4 is 0 Å². The van der Waals surface area contributed by atoms with Gasteiger partial charge in [-0.05, 0) is 6.42 Å². The number of nitrogens with zero attached hydrogens (tertiary/aromatic N) is 4. The molecule has 2 heterocycles. The zero-order chi connectivity index (χ0) is 15.6. The van der Waals surface area contributed by atoms with Gasteiger partial charge in [-0.3, -0.25) is 4.68 Å². The third-order valence-corrected chi connectivity index (χ3v) is 5.46. The summed E-state index contributed by atoms with van der Waals surface area (Å²) in [5.74, 6) is 1.55. The Morgan fingerprint density at radius 3 is 2.57 bits per heavy atom. The Morgan fingerprint density at radius 2 is 2.00 bits per heavy atom. The highest BCUT2D eigenvalue weighted by atomic mass is 35.5. The molecule has 0 atom stereocenters. The van der Waals surface area contributed by atoms with Crippen LogP contribution in [0.4, 0.5) is 0 Å². The molecule has 0 bridgehead atoms. The summed E-state index contributed by atoms with van der Waals surface area (Å²) < 4.78 is 27.2. The monoisotopic (exact) mass is 332 g/mol. The van der Waals surface area contributed by atoms with E-state index >= 15 is 0 Å². The number of rotatable bonds is 7. The lowest BCUT2D eigenvalue weighted by Gasteiger charge is -2.09. The molecule has 2 aromatic rings. The van der Waals surface area contributed by atoms with Crippen LogP contribution in [0.25, 0.3) is 11.2 Å². The van der Waals surface area contributed by atoms with E-state index in [0.29, 0.717) is 18.8 Å². The molecule has 0 radical (unpaired) electrons. The van der Waals surface area contributed by atoms with Gasteiger partial charge in [-0.25, -0.2) is 13.4 Å². The molecule has 0 spiro atoms. The van der Waals surface area contributed by atoms with Crippen LogP contribution in [0.3, 0.4) is 0 Å². The molecule has 2 rings (SSSR count). The minimum absolute atomic E-state index is 0.108. The lowest BCUT2D eigenvalue weighted by Crippen LogP contribution is -2.17. The number of halogens is 1. The van der Waals surface area contributed by atoms with Gasteiger partial charge in [0.1, 0.15) is 11.3 Å². The molecule has 0 N–H and O–H groups in total. The second kappa shape index (κ2) is 6.36. The molecule has 0 aromatic carbocycles. The van der Waals surface area contributed by atoms with E-state index in [-0.39, 0.29) is 11.5 Å². The third-order valence-electron chi connectivity index (χ3n) is 3.59. The highest BCUT2D eigenvalue weighted by molar-refractivity contribution is 7.91.